The SMILES string of the molecule is COC1CCCC(C[C]=O)C1. The molecule has 0 aromatic carbocycles. The van der Waals surface area contributed by atoms with Crippen molar-refractivity contribution in [3.8, 4) is 0 Å². The minimum absolute atomic E-state index is 0.391. The van der Waals surface area contributed by atoms with Crippen LogP contribution in [-0.2, 0) is 9.53 Å². The number of hydrogen-bond donors (Lipinski definition) is 0. The van der Waals surface area contributed by atoms with E-state index in [0.717, 1.165) is 12.8 Å². The van der Waals surface area contributed by atoms with Crippen molar-refractivity contribution < 1.29 is 9.53 Å². The second-order valence-corrected chi connectivity index (χ2v) is 3.24. The maximum Gasteiger partial charge on any atom is 0.198 e. The summed E-state index contributed by atoms with van der Waals surface area (Å²) in [6, 6.07) is 0. The Labute approximate surface area is 67.9 Å². The van der Waals surface area contributed by atoms with Crippen LogP contribution in [0, 0.1) is 5.92 Å². The minimum atomic E-state index is 0.391. The van der Waals surface area contributed by atoms with Crippen LogP contribution in [0.1, 0.15) is 32.1 Å². The van der Waals surface area contributed by atoms with Gasteiger partial charge in [-0.2, -0.15) is 0 Å². The number of rotatable bonds is 3. The first kappa shape index (κ1) is 8.72. The van der Waals surface area contributed by atoms with E-state index < -0.39 is 0 Å². The summed E-state index contributed by atoms with van der Waals surface area (Å²) >= 11 is 0. The molecule has 0 aromatic heterocycles. The molecule has 0 aromatic rings. The molecule has 11 heavy (non-hydrogen) atoms. The third-order valence-corrected chi connectivity index (χ3v) is 2.44. The van der Waals surface area contributed by atoms with Crippen LogP contribution in [0.15, 0.2) is 0 Å². The molecule has 0 aliphatic heterocycles. The number of hydrogen-bond acceptors (Lipinski definition) is 2. The van der Waals surface area contributed by atoms with Gasteiger partial charge in [-0.05, 0) is 25.2 Å². The summed E-state index contributed by atoms with van der Waals surface area (Å²) in [7, 11) is 1.75. The average molecular weight is 155 g/mol. The molecule has 0 saturated heterocycles. The zero-order valence-corrected chi connectivity index (χ0v) is 7.01. The van der Waals surface area contributed by atoms with E-state index in [-0.39, 0.29) is 0 Å². The van der Waals surface area contributed by atoms with Crippen LogP contribution < -0.4 is 0 Å². The second-order valence-electron chi connectivity index (χ2n) is 3.24. The third kappa shape index (κ3) is 2.62. The van der Waals surface area contributed by atoms with Crippen molar-refractivity contribution in [1.29, 1.82) is 0 Å². The van der Waals surface area contributed by atoms with Gasteiger partial charge in [0.15, 0.2) is 6.29 Å². The molecular weight excluding hydrogens is 140 g/mol. The summed E-state index contributed by atoms with van der Waals surface area (Å²) in [6.07, 6.45) is 7.55. The number of methoxy groups -OCH3 is 1. The highest BCUT2D eigenvalue weighted by molar-refractivity contribution is 5.50. The van der Waals surface area contributed by atoms with E-state index in [9.17, 15) is 4.79 Å². The normalized spacial score (nSPS) is 31.7. The molecule has 63 valence electrons. The van der Waals surface area contributed by atoms with E-state index in [1.165, 1.54) is 12.8 Å². The summed E-state index contributed by atoms with van der Waals surface area (Å²) in [6.45, 7) is 0. The van der Waals surface area contributed by atoms with Crippen LogP contribution in [0.2, 0.25) is 0 Å². The predicted octanol–water partition coefficient (Wildman–Crippen LogP) is 1.69. The van der Waals surface area contributed by atoms with Gasteiger partial charge in [0.2, 0.25) is 0 Å². The second kappa shape index (κ2) is 4.50. The molecule has 2 unspecified atom stereocenters. The molecule has 0 bridgehead atoms. The summed E-state index contributed by atoms with van der Waals surface area (Å²) in [5.74, 6) is 0.534. The molecular formula is C9H15O2. The van der Waals surface area contributed by atoms with E-state index >= 15 is 0 Å². The highest BCUT2D eigenvalue weighted by atomic mass is 16.5. The quantitative estimate of drug-likeness (QED) is 0.620. The van der Waals surface area contributed by atoms with Crippen LogP contribution >= 0.6 is 0 Å². The summed E-state index contributed by atoms with van der Waals surface area (Å²) in [4.78, 5) is 10.1. The fraction of sp³-hybridized carbons (Fsp3) is 0.889. The standard InChI is InChI=1S/C9H15O2/c1-11-9-4-2-3-8(7-9)5-6-10/h8-9H,2-5,7H2,1H3. The summed E-state index contributed by atoms with van der Waals surface area (Å²) in [5, 5.41) is 0. The predicted molar refractivity (Wildman–Crippen MR) is 43.1 cm³/mol. The van der Waals surface area contributed by atoms with Gasteiger partial charge in [0.05, 0.1) is 6.10 Å². The number of carbonyl (C=O) groups excluding carboxylic acids is 1. The molecule has 0 N–H and O–H groups in total. The highest BCUT2D eigenvalue weighted by Gasteiger charge is 2.20. The van der Waals surface area contributed by atoms with Crippen LogP contribution in [0.4, 0.5) is 0 Å². The van der Waals surface area contributed by atoms with E-state index in [4.69, 9.17) is 4.74 Å². The lowest BCUT2D eigenvalue weighted by atomic mass is 9.85. The van der Waals surface area contributed by atoms with Crippen molar-refractivity contribution in [2.24, 2.45) is 5.92 Å². The Hall–Kier alpha value is -0.370. The molecule has 1 rings (SSSR count). The van der Waals surface area contributed by atoms with E-state index in [2.05, 4.69) is 0 Å². The van der Waals surface area contributed by atoms with Gasteiger partial charge >= 0.3 is 0 Å². The van der Waals surface area contributed by atoms with Gasteiger partial charge in [-0.15, -0.1) is 0 Å². The molecule has 1 aliphatic rings. The first-order valence-electron chi connectivity index (χ1n) is 4.24. The summed E-state index contributed by atoms with van der Waals surface area (Å²) < 4.78 is 5.24. The fourth-order valence-corrected chi connectivity index (χ4v) is 1.76. The zero-order valence-electron chi connectivity index (χ0n) is 7.01. The van der Waals surface area contributed by atoms with Crippen LogP contribution in [0.5, 0.6) is 0 Å². The van der Waals surface area contributed by atoms with Gasteiger partial charge in [0.25, 0.3) is 0 Å². The zero-order chi connectivity index (χ0) is 8.10. The first-order valence-corrected chi connectivity index (χ1v) is 4.24. The maximum atomic E-state index is 10.1. The average Bonchev–Trinajstić information content (AvgIpc) is 2.06. The topological polar surface area (TPSA) is 26.3 Å². The molecule has 1 fully saturated rings. The first-order chi connectivity index (χ1) is 5.36. The van der Waals surface area contributed by atoms with Gasteiger partial charge < -0.3 is 4.74 Å². The Morgan fingerprint density at radius 3 is 3.00 bits per heavy atom. The molecule has 0 amide bonds. The van der Waals surface area contributed by atoms with Crippen LogP contribution in [0.25, 0.3) is 0 Å². The summed E-state index contributed by atoms with van der Waals surface area (Å²) in [5.41, 5.74) is 0. The highest BCUT2D eigenvalue weighted by Crippen LogP contribution is 2.27. The lowest BCUT2D eigenvalue weighted by Gasteiger charge is -2.26. The van der Waals surface area contributed by atoms with Crippen molar-refractivity contribution in [2.45, 2.75) is 38.2 Å². The molecule has 0 spiro atoms. The maximum absolute atomic E-state index is 10.1. The van der Waals surface area contributed by atoms with E-state index in [0.29, 0.717) is 18.4 Å². The molecule has 2 heteroatoms. The van der Waals surface area contributed by atoms with Crippen molar-refractivity contribution in [3.05, 3.63) is 0 Å². The van der Waals surface area contributed by atoms with Crippen molar-refractivity contribution in [2.75, 3.05) is 7.11 Å². The largest absolute Gasteiger partial charge is 0.381 e. The van der Waals surface area contributed by atoms with Crippen molar-refractivity contribution in [3.63, 3.8) is 0 Å². The smallest absolute Gasteiger partial charge is 0.198 e. The van der Waals surface area contributed by atoms with Gasteiger partial charge in [-0.3, -0.25) is 4.79 Å². The van der Waals surface area contributed by atoms with Gasteiger partial charge in [-0.1, -0.05) is 6.42 Å². The van der Waals surface area contributed by atoms with Gasteiger partial charge in [0, 0.05) is 13.5 Å². The fourth-order valence-electron chi connectivity index (χ4n) is 1.76. The molecule has 1 saturated carbocycles. The molecule has 2 nitrogen and oxygen atoms in total. The number of ether oxygens (including phenoxy) is 1. The lowest BCUT2D eigenvalue weighted by Crippen LogP contribution is -2.21. The lowest BCUT2D eigenvalue weighted by molar-refractivity contribution is 0.0520. The Balaban J connectivity index is 2.27. The monoisotopic (exact) mass is 155 g/mol. The van der Waals surface area contributed by atoms with Crippen molar-refractivity contribution >= 4 is 6.29 Å². The van der Waals surface area contributed by atoms with Gasteiger partial charge in [-0.25, -0.2) is 0 Å². The Kier molecular flexibility index (Phi) is 3.57. The van der Waals surface area contributed by atoms with Gasteiger partial charge in [0.1, 0.15) is 0 Å². The minimum Gasteiger partial charge on any atom is -0.381 e. The molecule has 1 radical (unpaired) electrons. The van der Waals surface area contributed by atoms with Crippen molar-refractivity contribution in [1.82, 2.24) is 0 Å². The molecule has 1 aliphatic carbocycles. The Morgan fingerprint density at radius 2 is 2.36 bits per heavy atom. The van der Waals surface area contributed by atoms with E-state index in [1.807, 2.05) is 6.29 Å². The van der Waals surface area contributed by atoms with E-state index in [1.54, 1.807) is 7.11 Å². The Morgan fingerprint density at radius 1 is 1.55 bits per heavy atom. The van der Waals surface area contributed by atoms with Crippen LogP contribution in [0.3, 0.4) is 0 Å². The Bertz CT molecular complexity index is 123. The third-order valence-electron chi connectivity index (χ3n) is 2.44. The van der Waals surface area contributed by atoms with Crippen LogP contribution in [-0.4, -0.2) is 19.5 Å². The molecule has 0 heterocycles. The molecule has 2 atom stereocenters.